The van der Waals surface area contributed by atoms with Crippen molar-refractivity contribution in [2.75, 3.05) is 0 Å². The molecule has 4 rings (SSSR count). The topological polar surface area (TPSA) is 43.3 Å². The molecule has 2 heterocycles. The summed E-state index contributed by atoms with van der Waals surface area (Å²) in [7, 11) is 0. The lowest BCUT2D eigenvalue weighted by atomic mass is 10.1. The Kier molecular flexibility index (Phi) is 2.58. The third-order valence-corrected chi connectivity index (χ3v) is 4.51. The Hall–Kier alpha value is -2.17. The smallest absolute Gasteiger partial charge is 0.195 e. The molecule has 0 spiro atoms. The van der Waals surface area contributed by atoms with Gasteiger partial charge in [0.15, 0.2) is 4.96 Å². The Morgan fingerprint density at radius 2 is 1.75 bits per heavy atom. The lowest BCUT2D eigenvalue weighted by Crippen LogP contribution is -2.02. The molecule has 98 valence electrons. The van der Waals surface area contributed by atoms with E-state index in [4.69, 9.17) is 10.7 Å². The second-order valence-corrected chi connectivity index (χ2v) is 5.67. The number of thiazole rings is 1. The maximum absolute atomic E-state index is 5.99. The van der Waals surface area contributed by atoms with E-state index in [9.17, 15) is 0 Å². The molecule has 0 unspecified atom stereocenters. The molecule has 0 aliphatic carbocycles. The first-order valence-electron chi connectivity index (χ1n) is 6.53. The highest BCUT2D eigenvalue weighted by Gasteiger charge is 2.16. The second kappa shape index (κ2) is 4.44. The number of benzene rings is 2. The highest BCUT2D eigenvalue weighted by atomic mass is 32.1. The summed E-state index contributed by atoms with van der Waals surface area (Å²) in [5, 5.41) is 0. The van der Waals surface area contributed by atoms with Crippen LogP contribution in [-0.4, -0.2) is 9.38 Å². The minimum absolute atomic E-state index is 0.478. The molecule has 0 aliphatic rings. The first kappa shape index (κ1) is 11.6. The van der Waals surface area contributed by atoms with Gasteiger partial charge in [-0.3, -0.25) is 4.40 Å². The van der Waals surface area contributed by atoms with Crippen molar-refractivity contribution in [3.63, 3.8) is 0 Å². The number of fused-ring (bicyclic) bond motifs is 3. The SMILES string of the molecule is NCc1c(-c2ccccc2)nc2sc3ccccc3n12. The van der Waals surface area contributed by atoms with Crippen molar-refractivity contribution in [1.29, 1.82) is 0 Å². The fourth-order valence-corrected chi connectivity index (χ4v) is 3.63. The predicted molar refractivity (Wildman–Crippen MR) is 83.9 cm³/mol. The van der Waals surface area contributed by atoms with Gasteiger partial charge in [0.1, 0.15) is 0 Å². The summed E-state index contributed by atoms with van der Waals surface area (Å²) in [5.41, 5.74) is 10.4. The van der Waals surface area contributed by atoms with Gasteiger partial charge in [-0.25, -0.2) is 4.98 Å². The van der Waals surface area contributed by atoms with Gasteiger partial charge in [0.25, 0.3) is 0 Å². The Balaban J connectivity index is 2.09. The molecule has 20 heavy (non-hydrogen) atoms. The third kappa shape index (κ3) is 1.59. The fraction of sp³-hybridized carbons (Fsp3) is 0.0625. The van der Waals surface area contributed by atoms with Crippen LogP contribution in [0.15, 0.2) is 54.6 Å². The molecular weight excluding hydrogens is 266 g/mol. The van der Waals surface area contributed by atoms with Crippen molar-refractivity contribution in [3.8, 4) is 11.3 Å². The normalized spacial score (nSPS) is 11.4. The largest absolute Gasteiger partial charge is 0.325 e. The monoisotopic (exact) mass is 279 g/mol. The van der Waals surface area contributed by atoms with Crippen LogP contribution in [0.3, 0.4) is 0 Å². The lowest BCUT2D eigenvalue weighted by molar-refractivity contribution is 0.986. The van der Waals surface area contributed by atoms with Gasteiger partial charge >= 0.3 is 0 Å². The number of aromatic nitrogens is 2. The summed E-state index contributed by atoms with van der Waals surface area (Å²) in [6.07, 6.45) is 0. The zero-order chi connectivity index (χ0) is 13.5. The number of hydrogen-bond acceptors (Lipinski definition) is 3. The molecule has 0 aliphatic heterocycles. The third-order valence-electron chi connectivity index (χ3n) is 3.49. The molecular formula is C16H13N3S. The molecule has 0 saturated heterocycles. The van der Waals surface area contributed by atoms with E-state index < -0.39 is 0 Å². The van der Waals surface area contributed by atoms with Crippen molar-refractivity contribution in [3.05, 3.63) is 60.3 Å². The van der Waals surface area contributed by atoms with Crippen LogP contribution in [0.25, 0.3) is 26.4 Å². The van der Waals surface area contributed by atoms with E-state index in [1.165, 1.54) is 10.2 Å². The number of rotatable bonds is 2. The van der Waals surface area contributed by atoms with Crippen molar-refractivity contribution in [2.24, 2.45) is 5.73 Å². The quantitative estimate of drug-likeness (QED) is 0.608. The first-order valence-corrected chi connectivity index (χ1v) is 7.34. The van der Waals surface area contributed by atoms with E-state index in [1.807, 2.05) is 18.2 Å². The van der Waals surface area contributed by atoms with E-state index in [1.54, 1.807) is 11.3 Å². The molecule has 3 nitrogen and oxygen atoms in total. The Morgan fingerprint density at radius 3 is 2.55 bits per heavy atom. The molecule has 0 bridgehead atoms. The van der Waals surface area contributed by atoms with Crippen LogP contribution in [0.1, 0.15) is 5.69 Å². The molecule has 2 N–H and O–H groups in total. The minimum Gasteiger partial charge on any atom is -0.325 e. The second-order valence-electron chi connectivity index (χ2n) is 4.67. The summed E-state index contributed by atoms with van der Waals surface area (Å²) in [6.45, 7) is 0.478. The average molecular weight is 279 g/mol. The zero-order valence-corrected chi connectivity index (χ0v) is 11.6. The maximum atomic E-state index is 5.99. The summed E-state index contributed by atoms with van der Waals surface area (Å²) >= 11 is 1.70. The van der Waals surface area contributed by atoms with E-state index in [2.05, 4.69) is 40.8 Å². The molecule has 2 aromatic heterocycles. The van der Waals surface area contributed by atoms with Crippen molar-refractivity contribution >= 4 is 26.5 Å². The van der Waals surface area contributed by atoms with Crippen molar-refractivity contribution in [2.45, 2.75) is 6.54 Å². The number of para-hydroxylation sites is 1. The van der Waals surface area contributed by atoms with E-state index in [0.717, 1.165) is 21.9 Å². The van der Waals surface area contributed by atoms with Crippen LogP contribution in [0.2, 0.25) is 0 Å². The number of hydrogen-bond donors (Lipinski definition) is 1. The fourth-order valence-electron chi connectivity index (χ4n) is 2.59. The van der Waals surface area contributed by atoms with E-state index >= 15 is 0 Å². The minimum atomic E-state index is 0.478. The van der Waals surface area contributed by atoms with Crippen LogP contribution >= 0.6 is 11.3 Å². The van der Waals surface area contributed by atoms with E-state index in [0.29, 0.717) is 6.54 Å². The molecule has 0 amide bonds. The summed E-state index contributed by atoms with van der Waals surface area (Å²) in [4.78, 5) is 5.80. The Labute approximate surface area is 120 Å². The van der Waals surface area contributed by atoms with Crippen LogP contribution in [0.4, 0.5) is 0 Å². The standard InChI is InChI=1S/C16H13N3S/c17-10-13-15(11-6-2-1-3-7-11)18-16-19(13)12-8-4-5-9-14(12)20-16/h1-9H,10,17H2. The summed E-state index contributed by atoms with van der Waals surface area (Å²) in [5.74, 6) is 0. The van der Waals surface area contributed by atoms with Gasteiger partial charge in [-0.1, -0.05) is 53.8 Å². The van der Waals surface area contributed by atoms with Crippen LogP contribution in [0, 0.1) is 0 Å². The highest BCUT2D eigenvalue weighted by Crippen LogP contribution is 2.32. The van der Waals surface area contributed by atoms with Crippen molar-refractivity contribution in [1.82, 2.24) is 9.38 Å². The van der Waals surface area contributed by atoms with Gasteiger partial charge in [-0.2, -0.15) is 0 Å². The first-order chi connectivity index (χ1) is 9.88. The molecule has 4 heteroatoms. The van der Waals surface area contributed by atoms with Crippen molar-refractivity contribution < 1.29 is 0 Å². The zero-order valence-electron chi connectivity index (χ0n) is 10.8. The Bertz CT molecular complexity index is 890. The van der Waals surface area contributed by atoms with Gasteiger partial charge in [-0.05, 0) is 12.1 Å². The number of nitrogens with zero attached hydrogens (tertiary/aromatic N) is 2. The highest BCUT2D eigenvalue weighted by molar-refractivity contribution is 7.23. The average Bonchev–Trinajstić information content (AvgIpc) is 3.03. The van der Waals surface area contributed by atoms with E-state index in [-0.39, 0.29) is 0 Å². The summed E-state index contributed by atoms with van der Waals surface area (Å²) in [6, 6.07) is 18.6. The maximum Gasteiger partial charge on any atom is 0.195 e. The Morgan fingerprint density at radius 1 is 1.00 bits per heavy atom. The van der Waals surface area contributed by atoms with Gasteiger partial charge in [0.05, 0.1) is 21.6 Å². The number of imidazole rings is 1. The molecule has 0 atom stereocenters. The van der Waals surface area contributed by atoms with Gasteiger partial charge in [0.2, 0.25) is 0 Å². The molecule has 0 saturated carbocycles. The molecule has 0 radical (unpaired) electrons. The molecule has 4 aromatic rings. The lowest BCUT2D eigenvalue weighted by Gasteiger charge is -2.02. The summed E-state index contributed by atoms with van der Waals surface area (Å²) < 4.78 is 3.42. The van der Waals surface area contributed by atoms with Gasteiger partial charge in [0, 0.05) is 12.1 Å². The molecule has 2 aromatic carbocycles. The van der Waals surface area contributed by atoms with Crippen LogP contribution in [-0.2, 0) is 6.54 Å². The van der Waals surface area contributed by atoms with Gasteiger partial charge in [-0.15, -0.1) is 0 Å². The van der Waals surface area contributed by atoms with Gasteiger partial charge < -0.3 is 5.73 Å². The predicted octanol–water partition coefficient (Wildman–Crippen LogP) is 3.67. The van der Waals surface area contributed by atoms with Crippen LogP contribution in [0.5, 0.6) is 0 Å². The van der Waals surface area contributed by atoms with Crippen LogP contribution < -0.4 is 5.73 Å². The molecule has 0 fully saturated rings. The number of nitrogens with two attached hydrogens (primary N) is 1.